The summed E-state index contributed by atoms with van der Waals surface area (Å²) in [5.41, 5.74) is 34.0. The molecule has 2 aromatic carbocycles. The van der Waals surface area contributed by atoms with Gasteiger partial charge in [-0.2, -0.15) is 0 Å². The Morgan fingerprint density at radius 2 is 0.905 bits per heavy atom. The molecule has 0 aliphatic carbocycles. The second-order valence-electron chi connectivity index (χ2n) is 25.7. The summed E-state index contributed by atoms with van der Waals surface area (Å²) < 4.78 is 40.9. The number of anilines is 3. The van der Waals surface area contributed by atoms with E-state index in [1.807, 2.05) is 33.8 Å². The van der Waals surface area contributed by atoms with E-state index in [0.717, 1.165) is 6.42 Å². The number of hydrogen-bond acceptors (Lipinski definition) is 29. The number of nitrogens with two attached hydrogens (primary N) is 5. The molecule has 0 radical (unpaired) electrons. The number of aliphatic hydroxyl groups is 8. The van der Waals surface area contributed by atoms with Gasteiger partial charge in [0.2, 0.25) is 11.8 Å². The summed E-state index contributed by atoms with van der Waals surface area (Å²) in [6.07, 6.45) is 2.41. The number of nitrogens with one attached hydrogen (secondary N) is 4. The molecule has 37 heteroatoms. The molecule has 562 valence electrons. The van der Waals surface area contributed by atoms with Gasteiger partial charge in [0.05, 0.1) is 68.5 Å². The summed E-state index contributed by atoms with van der Waals surface area (Å²) in [6, 6.07) is 14.6. The van der Waals surface area contributed by atoms with Gasteiger partial charge in [-0.05, 0) is 73.0 Å². The van der Waals surface area contributed by atoms with E-state index in [4.69, 9.17) is 47.6 Å². The average Bonchev–Trinajstić information content (AvgIpc) is 1.65. The normalized spacial score (nSPS) is 26.8. The monoisotopic (exact) mass is 1460 g/mol. The minimum atomic E-state index is -1.18. The van der Waals surface area contributed by atoms with Crippen LogP contribution in [0.1, 0.15) is 79.9 Å². The third-order valence-corrected chi connectivity index (χ3v) is 18.4. The van der Waals surface area contributed by atoms with Crippen molar-refractivity contribution in [3.05, 3.63) is 152 Å². The smallest absolute Gasteiger partial charge is 0.251 e. The van der Waals surface area contributed by atoms with Crippen molar-refractivity contribution in [2.24, 2.45) is 28.3 Å². The van der Waals surface area contributed by atoms with Crippen LogP contribution in [0.25, 0.3) is 33.5 Å². The molecule has 4 saturated heterocycles. The highest BCUT2D eigenvalue weighted by Gasteiger charge is 2.50. The van der Waals surface area contributed by atoms with Crippen molar-refractivity contribution in [1.82, 2.24) is 69.8 Å². The van der Waals surface area contributed by atoms with Gasteiger partial charge in [0, 0.05) is 41.8 Å². The first-order valence-electron chi connectivity index (χ1n) is 33.6. The van der Waals surface area contributed by atoms with E-state index in [1.165, 1.54) is 49.4 Å². The first-order valence-corrected chi connectivity index (χ1v) is 33.6. The van der Waals surface area contributed by atoms with E-state index < -0.39 is 129 Å². The highest BCUT2D eigenvalue weighted by molar-refractivity contribution is 5.95. The molecule has 13 rings (SSSR count). The number of nitrogens with zero attached hydrogens (tertiary/aromatic N) is 11. The molecule has 36 nitrogen and oxygen atoms in total. The number of fused-ring (bicyclic) bond motifs is 3. The lowest BCUT2D eigenvalue weighted by Crippen LogP contribution is -2.55. The third kappa shape index (κ3) is 16.8. The standard InChI is InChI=1S/C18H18FN5O4.C18H19N5O4.C17H25N5O4.C15H25N5O4/c19-10-3-1-9(2-4-10)17(27)23-14-15(26)12(7-25)28-18(14)24-8-22-13-11(20)5-6-21-16(13)24;19-11-6-7-20-16-13(11)21-9-23(16)18-14(15(25)12(8-24)27-18)22-17(26)10-4-2-1-3-5-10;1-8(2)9(3)16(25)21-13-14(24)11(6-23)26-17(13)22-7-20-12-10(18)4-5-19-15(12)22;1-3-4-9(16)14(23)19-12-13(22)10(7-21)24-15(12)20-6-5-11(17)18-8(20)2/h1-6,8,12,14-15,18,25-26H,7H2,(H2,20,21)(H,23,27);1-7,9,12,14-15,18,24-25H,8H2,(H2,19,20)(H,22,26);4-5,7-9,11,13-14,17,23-24H,6H2,1-3H3,(H2,18,19)(H,21,25);5-6,9-10,12-13,15,21-22H,2-4,7,16H2,1H3,(H2,17,18)(H,19,23)/t2*12-,14+,15?,18-;9?,11-,13+,14?,17-;9?,10-,12+,13?,15-/m1111/s1. The Morgan fingerprint density at radius 1 is 0.533 bits per heavy atom. The van der Waals surface area contributed by atoms with E-state index in [0.29, 0.717) is 74.2 Å². The average molecular weight is 1460 g/mol. The summed E-state index contributed by atoms with van der Waals surface area (Å²) in [7, 11) is 0. The number of aliphatic hydroxyl groups excluding tert-OH is 8. The Kier molecular flexibility index (Phi) is 25.1. The first-order chi connectivity index (χ1) is 50.3. The van der Waals surface area contributed by atoms with Crippen LogP contribution >= 0.6 is 0 Å². The number of pyridine rings is 3. The number of amidine groups is 1. The molecule has 4 amide bonds. The van der Waals surface area contributed by atoms with E-state index in [2.05, 4.69) is 62.7 Å². The first kappa shape index (κ1) is 77.4. The van der Waals surface area contributed by atoms with Gasteiger partial charge in [-0.3, -0.25) is 32.9 Å². The molecule has 0 saturated carbocycles. The van der Waals surface area contributed by atoms with Gasteiger partial charge >= 0.3 is 0 Å². The maximum Gasteiger partial charge on any atom is 0.251 e. The molecule has 6 unspecified atom stereocenters. The van der Waals surface area contributed by atoms with Crippen LogP contribution in [-0.4, -0.2) is 231 Å². The van der Waals surface area contributed by atoms with Gasteiger partial charge in [-0.25, -0.2) is 39.3 Å². The second-order valence-corrected chi connectivity index (χ2v) is 25.7. The Bertz CT molecular complexity index is 4400. The van der Waals surface area contributed by atoms with Crippen molar-refractivity contribution in [3.63, 3.8) is 0 Å². The van der Waals surface area contributed by atoms with Crippen LogP contribution in [-0.2, 0) is 28.5 Å². The van der Waals surface area contributed by atoms with E-state index in [-0.39, 0.29) is 48.3 Å². The maximum atomic E-state index is 13.1. The summed E-state index contributed by atoms with van der Waals surface area (Å²) in [4.78, 5) is 81.0. The van der Waals surface area contributed by atoms with Gasteiger partial charge < -0.3 is 115 Å². The van der Waals surface area contributed by atoms with E-state index >= 15 is 0 Å². The number of hydrogen-bond donors (Lipinski definition) is 17. The SMILES string of the molecule is C=C1N=C(N)C=CN1[C@@H]1O[C@H](CO)C(O)[C@@H]1NC(=O)C(N)CCC.CC(C)C(C)C(=O)N[C@H]1C(O)[C@@H](CO)O[C@H]1n1cnc2c(N)ccnc21.Nc1ccnc2c1ncn2[C@@H]1O[C@H](CO)C(O)[C@@H]1NC(=O)c1ccc(F)cc1.Nc1ccnc2c1ncn2[C@@H]1O[C@H](CO)C(O)[C@@H]1NC(=O)c1ccccc1. The summed E-state index contributed by atoms with van der Waals surface area (Å²) in [5, 5.41) is 91.0. The third-order valence-electron chi connectivity index (χ3n) is 18.4. The molecule has 18 atom stereocenters. The van der Waals surface area contributed by atoms with Crippen LogP contribution < -0.4 is 49.9 Å². The number of rotatable bonds is 19. The Hall–Kier alpha value is -10.3. The molecule has 4 fully saturated rings. The predicted octanol–water partition coefficient (Wildman–Crippen LogP) is -1.36. The van der Waals surface area contributed by atoms with Crippen molar-refractivity contribution in [3.8, 4) is 0 Å². The van der Waals surface area contributed by atoms with Crippen LogP contribution in [0.3, 0.4) is 0 Å². The van der Waals surface area contributed by atoms with Crippen molar-refractivity contribution in [1.29, 1.82) is 0 Å². The lowest BCUT2D eigenvalue weighted by molar-refractivity contribution is -0.128. The lowest BCUT2D eigenvalue weighted by Gasteiger charge is -2.33. The summed E-state index contributed by atoms with van der Waals surface area (Å²) >= 11 is 0. The van der Waals surface area contributed by atoms with Gasteiger partial charge in [-0.1, -0.05) is 58.9 Å². The fourth-order valence-corrected chi connectivity index (χ4v) is 12.3. The molecule has 8 aromatic rings. The zero-order chi connectivity index (χ0) is 75.7. The van der Waals surface area contributed by atoms with Gasteiger partial charge in [0.1, 0.15) is 107 Å². The summed E-state index contributed by atoms with van der Waals surface area (Å²) in [6.45, 7) is 9.86. The molecule has 5 aliphatic rings. The topological polar surface area (TPSA) is 553 Å². The number of carbonyl (C=O) groups is 4. The number of aliphatic imine (C=N–C) groups is 1. The summed E-state index contributed by atoms with van der Waals surface area (Å²) in [5.74, 6) is -1.40. The lowest BCUT2D eigenvalue weighted by atomic mass is 9.96. The molecular formula is C68H87FN20O16. The van der Waals surface area contributed by atoms with Crippen LogP contribution in [0.15, 0.2) is 140 Å². The van der Waals surface area contributed by atoms with Crippen molar-refractivity contribution in [2.75, 3.05) is 43.6 Å². The van der Waals surface area contributed by atoms with Gasteiger partial charge in [0.15, 0.2) is 41.9 Å². The van der Waals surface area contributed by atoms with Crippen LogP contribution in [0, 0.1) is 17.7 Å². The highest BCUT2D eigenvalue weighted by Crippen LogP contribution is 2.37. The molecule has 22 N–H and O–H groups in total. The highest BCUT2D eigenvalue weighted by atomic mass is 19.1. The number of halogens is 1. The molecule has 11 heterocycles. The number of amides is 4. The number of nitrogen functional groups attached to an aromatic ring is 3. The minimum absolute atomic E-state index is 0.150. The Balaban J connectivity index is 0.000000150. The fourth-order valence-electron chi connectivity index (χ4n) is 12.3. The molecule has 0 bridgehead atoms. The van der Waals surface area contributed by atoms with Crippen LogP contribution in [0.5, 0.6) is 0 Å². The Labute approximate surface area is 599 Å². The number of imidazole rings is 3. The van der Waals surface area contributed by atoms with Crippen molar-refractivity contribution in [2.45, 2.75) is 144 Å². The molecule has 6 aromatic heterocycles. The maximum absolute atomic E-state index is 13.1. The van der Waals surface area contributed by atoms with Crippen molar-refractivity contribution < 1.29 is 83.4 Å². The number of carbonyl (C=O) groups excluding carboxylic acids is 4. The zero-order valence-corrected chi connectivity index (χ0v) is 57.5. The molecular weight excluding hydrogens is 1370 g/mol. The molecule has 0 spiro atoms. The largest absolute Gasteiger partial charge is 0.397 e. The van der Waals surface area contributed by atoms with Gasteiger partial charge in [0.25, 0.3) is 11.8 Å². The molecule has 105 heavy (non-hydrogen) atoms. The molecule has 5 aliphatic heterocycles. The van der Waals surface area contributed by atoms with Gasteiger partial charge in [-0.15, -0.1) is 0 Å². The zero-order valence-electron chi connectivity index (χ0n) is 57.5. The predicted molar refractivity (Wildman–Crippen MR) is 376 cm³/mol. The van der Waals surface area contributed by atoms with Crippen LogP contribution in [0.2, 0.25) is 0 Å². The quantitative estimate of drug-likeness (QED) is 0.0444. The fraction of sp³-hybridized carbons (Fsp3) is 0.426. The number of ether oxygens (including phenoxy) is 4. The Morgan fingerprint density at radius 3 is 1.29 bits per heavy atom. The number of aromatic nitrogens is 9. The minimum Gasteiger partial charge on any atom is -0.397 e. The second kappa shape index (κ2) is 34.1. The van der Waals surface area contributed by atoms with Crippen molar-refractivity contribution >= 4 is 80.0 Å². The van der Waals surface area contributed by atoms with Crippen LogP contribution in [0.4, 0.5) is 21.5 Å². The van der Waals surface area contributed by atoms with E-state index in [9.17, 15) is 64.4 Å². The number of benzene rings is 2. The van der Waals surface area contributed by atoms with E-state index in [1.54, 1.807) is 85.7 Å².